The lowest BCUT2D eigenvalue weighted by Gasteiger charge is -2.31. The van der Waals surface area contributed by atoms with Gasteiger partial charge in [0.2, 0.25) is 5.91 Å². The van der Waals surface area contributed by atoms with Crippen LogP contribution in [0.5, 0.6) is 0 Å². The molecule has 2 N–H and O–H groups in total. The highest BCUT2D eigenvalue weighted by molar-refractivity contribution is 5.95. The van der Waals surface area contributed by atoms with Crippen LogP contribution in [0.15, 0.2) is 18.3 Å². The predicted molar refractivity (Wildman–Crippen MR) is 79.3 cm³/mol. The number of hydrogen-bond donors (Lipinski definition) is 2. The maximum Gasteiger partial charge on any atom is 0.354 e. The first-order valence-electron chi connectivity index (χ1n) is 7.17. The summed E-state index contributed by atoms with van der Waals surface area (Å²) in [5.41, 5.74) is 0.471. The van der Waals surface area contributed by atoms with Gasteiger partial charge < -0.3 is 10.4 Å². The highest BCUT2D eigenvalue weighted by atomic mass is 16.4. The number of nitrogens with zero attached hydrogens (tertiary/aromatic N) is 2. The van der Waals surface area contributed by atoms with Crippen molar-refractivity contribution in [3.8, 4) is 0 Å². The summed E-state index contributed by atoms with van der Waals surface area (Å²) in [4.78, 5) is 29.1. The number of carboxylic acid groups (broad SMARTS) is 1. The largest absolute Gasteiger partial charge is 0.477 e. The normalized spacial score (nSPS) is 23.8. The number of carbonyl (C=O) groups is 2. The lowest BCUT2D eigenvalue weighted by Crippen LogP contribution is -2.46. The Bertz CT molecular complexity index is 519. The molecule has 1 aromatic heterocycles. The smallest absolute Gasteiger partial charge is 0.354 e. The summed E-state index contributed by atoms with van der Waals surface area (Å²) in [5.74, 6) is -1.18. The summed E-state index contributed by atoms with van der Waals surface area (Å²) in [6, 6.07) is 3.50. The topological polar surface area (TPSA) is 82.5 Å². The Hall–Kier alpha value is -1.95. The number of aromatic carboxylic acids is 1. The molecule has 114 valence electrons. The van der Waals surface area contributed by atoms with E-state index >= 15 is 0 Å². The first-order valence-corrected chi connectivity index (χ1v) is 7.17. The molecule has 1 fully saturated rings. The van der Waals surface area contributed by atoms with E-state index in [9.17, 15) is 9.59 Å². The lowest BCUT2D eigenvalue weighted by atomic mass is 10.2. The predicted octanol–water partition coefficient (Wildman–Crippen LogP) is 1.98. The number of pyridine rings is 1. The molecule has 21 heavy (non-hydrogen) atoms. The van der Waals surface area contributed by atoms with Crippen LogP contribution >= 0.6 is 0 Å². The minimum absolute atomic E-state index is 0.0390. The van der Waals surface area contributed by atoms with Crippen LogP contribution in [0.3, 0.4) is 0 Å². The van der Waals surface area contributed by atoms with Gasteiger partial charge >= 0.3 is 5.97 Å². The van der Waals surface area contributed by atoms with Gasteiger partial charge in [0, 0.05) is 12.1 Å². The zero-order valence-electron chi connectivity index (χ0n) is 12.5. The molecular formula is C15H21N3O3. The summed E-state index contributed by atoms with van der Waals surface area (Å²) in [6.45, 7) is 6.17. The average molecular weight is 291 g/mol. The maximum atomic E-state index is 12.3. The standard InChI is InChI=1S/C15H21N3O3/c1-9-4-5-10(2)18(9)11(3)14(19)17-12-6-7-13(15(20)21)16-8-12/h6-11H,4-5H2,1-3H3,(H,17,19)(H,20,21). The third-order valence-electron chi connectivity index (χ3n) is 4.10. The Kier molecular flexibility index (Phi) is 4.57. The van der Waals surface area contributed by atoms with Crippen LogP contribution in [0, 0.1) is 0 Å². The number of carboxylic acids is 1. The molecule has 0 saturated carbocycles. The minimum Gasteiger partial charge on any atom is -0.477 e. The van der Waals surface area contributed by atoms with Gasteiger partial charge in [-0.25, -0.2) is 9.78 Å². The summed E-state index contributed by atoms with van der Waals surface area (Å²) in [7, 11) is 0. The van der Waals surface area contributed by atoms with Gasteiger partial charge in [0.25, 0.3) is 0 Å². The third-order valence-corrected chi connectivity index (χ3v) is 4.10. The molecule has 0 aromatic carbocycles. The van der Waals surface area contributed by atoms with Gasteiger partial charge in [0.15, 0.2) is 0 Å². The van der Waals surface area contributed by atoms with Gasteiger partial charge in [-0.15, -0.1) is 0 Å². The van der Waals surface area contributed by atoms with E-state index < -0.39 is 5.97 Å². The summed E-state index contributed by atoms with van der Waals surface area (Å²) in [6.07, 6.45) is 3.58. The molecule has 0 aliphatic carbocycles. The Morgan fingerprint density at radius 3 is 2.43 bits per heavy atom. The first-order chi connectivity index (χ1) is 9.90. The van der Waals surface area contributed by atoms with E-state index in [1.54, 1.807) is 6.07 Å². The molecule has 0 bridgehead atoms. The van der Waals surface area contributed by atoms with Crippen molar-refractivity contribution in [3.63, 3.8) is 0 Å². The van der Waals surface area contributed by atoms with Crippen molar-refractivity contribution in [3.05, 3.63) is 24.0 Å². The molecule has 3 atom stereocenters. The van der Waals surface area contributed by atoms with Gasteiger partial charge in [-0.2, -0.15) is 0 Å². The fourth-order valence-corrected chi connectivity index (χ4v) is 2.95. The van der Waals surface area contributed by atoms with Crippen molar-refractivity contribution < 1.29 is 14.7 Å². The monoisotopic (exact) mass is 291 g/mol. The van der Waals surface area contributed by atoms with Crippen LogP contribution in [-0.4, -0.2) is 45.0 Å². The van der Waals surface area contributed by atoms with Crippen molar-refractivity contribution in [2.45, 2.75) is 51.7 Å². The quantitative estimate of drug-likeness (QED) is 0.886. The van der Waals surface area contributed by atoms with Crippen molar-refractivity contribution in [1.82, 2.24) is 9.88 Å². The molecule has 2 rings (SSSR count). The molecule has 1 saturated heterocycles. The third kappa shape index (κ3) is 3.39. The maximum absolute atomic E-state index is 12.3. The van der Waals surface area contributed by atoms with Crippen LogP contribution in [0.1, 0.15) is 44.1 Å². The number of anilines is 1. The van der Waals surface area contributed by atoms with Gasteiger partial charge in [0.05, 0.1) is 17.9 Å². The van der Waals surface area contributed by atoms with Gasteiger partial charge in [-0.1, -0.05) is 0 Å². The van der Waals surface area contributed by atoms with Gasteiger partial charge in [-0.3, -0.25) is 9.69 Å². The van der Waals surface area contributed by atoms with E-state index in [0.717, 1.165) is 12.8 Å². The van der Waals surface area contributed by atoms with Crippen LogP contribution < -0.4 is 5.32 Å². The summed E-state index contributed by atoms with van der Waals surface area (Å²) >= 11 is 0. The number of likely N-dealkylation sites (tertiary alicyclic amines) is 1. The number of hydrogen-bond acceptors (Lipinski definition) is 4. The second-order valence-electron chi connectivity index (χ2n) is 5.63. The number of carbonyl (C=O) groups excluding carboxylic acids is 1. The molecule has 1 aromatic rings. The molecule has 6 nitrogen and oxygen atoms in total. The Morgan fingerprint density at radius 2 is 1.95 bits per heavy atom. The minimum atomic E-state index is -1.08. The molecule has 1 aliphatic rings. The zero-order valence-corrected chi connectivity index (χ0v) is 12.5. The molecule has 6 heteroatoms. The van der Waals surface area contributed by atoms with Crippen molar-refractivity contribution in [2.75, 3.05) is 5.32 Å². The number of amides is 1. The molecule has 0 radical (unpaired) electrons. The van der Waals surface area contributed by atoms with Gasteiger partial charge in [-0.05, 0) is 45.7 Å². The second-order valence-corrected chi connectivity index (χ2v) is 5.63. The van der Waals surface area contributed by atoms with E-state index in [1.165, 1.54) is 12.3 Å². The van der Waals surface area contributed by atoms with E-state index in [-0.39, 0.29) is 17.6 Å². The average Bonchev–Trinajstić information content (AvgIpc) is 2.78. The van der Waals surface area contributed by atoms with Crippen LogP contribution in [0.25, 0.3) is 0 Å². The molecule has 2 heterocycles. The Morgan fingerprint density at radius 1 is 1.33 bits per heavy atom. The van der Waals surface area contributed by atoms with E-state index in [2.05, 4.69) is 29.0 Å². The number of rotatable bonds is 4. The van der Waals surface area contributed by atoms with Crippen LogP contribution in [0.4, 0.5) is 5.69 Å². The van der Waals surface area contributed by atoms with Crippen molar-refractivity contribution in [2.24, 2.45) is 0 Å². The van der Waals surface area contributed by atoms with Crippen LogP contribution in [0.2, 0.25) is 0 Å². The molecule has 1 amide bonds. The zero-order chi connectivity index (χ0) is 15.6. The Balaban J connectivity index is 2.02. The van der Waals surface area contributed by atoms with Crippen molar-refractivity contribution >= 4 is 17.6 Å². The molecular weight excluding hydrogens is 270 g/mol. The first kappa shape index (κ1) is 15.4. The Labute approximate surface area is 124 Å². The second kappa shape index (κ2) is 6.22. The van der Waals surface area contributed by atoms with Crippen LogP contribution in [-0.2, 0) is 4.79 Å². The lowest BCUT2D eigenvalue weighted by molar-refractivity contribution is -0.121. The van der Waals surface area contributed by atoms with E-state index in [0.29, 0.717) is 17.8 Å². The van der Waals surface area contributed by atoms with E-state index in [1.807, 2.05) is 6.92 Å². The fraction of sp³-hybridized carbons (Fsp3) is 0.533. The fourth-order valence-electron chi connectivity index (χ4n) is 2.95. The highest BCUT2D eigenvalue weighted by Gasteiger charge is 2.34. The van der Waals surface area contributed by atoms with Gasteiger partial charge in [0.1, 0.15) is 5.69 Å². The molecule has 3 unspecified atom stereocenters. The SMILES string of the molecule is CC1CCC(C)N1C(C)C(=O)Nc1ccc(C(=O)O)nc1. The molecule has 0 spiro atoms. The van der Waals surface area contributed by atoms with E-state index in [4.69, 9.17) is 5.11 Å². The highest BCUT2D eigenvalue weighted by Crippen LogP contribution is 2.26. The summed E-state index contributed by atoms with van der Waals surface area (Å²) in [5, 5.41) is 11.6. The summed E-state index contributed by atoms with van der Waals surface area (Å²) < 4.78 is 0. The van der Waals surface area contributed by atoms with Crippen molar-refractivity contribution in [1.29, 1.82) is 0 Å². The number of nitrogens with one attached hydrogen (secondary N) is 1. The molecule has 1 aliphatic heterocycles. The number of aromatic nitrogens is 1.